The maximum Gasteiger partial charge on any atom is 0.410 e. The van der Waals surface area contributed by atoms with Gasteiger partial charge in [-0.05, 0) is 44.9 Å². The first-order valence-electron chi connectivity index (χ1n) is 9.29. The van der Waals surface area contributed by atoms with E-state index in [1.165, 1.54) is 5.57 Å². The summed E-state index contributed by atoms with van der Waals surface area (Å²) in [7, 11) is 0. The lowest BCUT2D eigenvalue weighted by Gasteiger charge is -2.33. The molecular weight excluding hydrogens is 332 g/mol. The molecule has 0 atom stereocenters. The van der Waals surface area contributed by atoms with Crippen LogP contribution in [0.3, 0.4) is 0 Å². The van der Waals surface area contributed by atoms with Gasteiger partial charge in [0.1, 0.15) is 11.7 Å². The van der Waals surface area contributed by atoms with E-state index < -0.39 is 5.60 Å². The van der Waals surface area contributed by atoms with E-state index in [0.29, 0.717) is 25.6 Å². The fourth-order valence-corrected chi connectivity index (χ4v) is 3.14. The Labute approximate surface area is 155 Å². The van der Waals surface area contributed by atoms with Gasteiger partial charge < -0.3 is 19.1 Å². The zero-order valence-electron chi connectivity index (χ0n) is 15.9. The molecular formula is C20H28N2O4. The number of likely N-dealkylation sites (tertiary alicyclic amines) is 1. The summed E-state index contributed by atoms with van der Waals surface area (Å²) in [5.41, 5.74) is 1.81. The SMILES string of the molecule is CC(C)(C)OC(=O)N1CCC(Oc2ncccc2C2=CCOCC2)CC1. The highest BCUT2D eigenvalue weighted by Crippen LogP contribution is 2.30. The minimum atomic E-state index is -0.468. The van der Waals surface area contributed by atoms with Crippen LogP contribution in [0.25, 0.3) is 5.57 Å². The van der Waals surface area contributed by atoms with Crippen LogP contribution in [0.15, 0.2) is 24.4 Å². The summed E-state index contributed by atoms with van der Waals surface area (Å²) in [5, 5.41) is 0. The zero-order valence-corrected chi connectivity index (χ0v) is 15.9. The Kier molecular flexibility index (Phi) is 5.81. The monoisotopic (exact) mass is 360 g/mol. The van der Waals surface area contributed by atoms with Crippen molar-refractivity contribution in [2.45, 2.75) is 51.7 Å². The Morgan fingerprint density at radius 2 is 2.08 bits per heavy atom. The van der Waals surface area contributed by atoms with Crippen LogP contribution in [0.1, 0.15) is 45.6 Å². The lowest BCUT2D eigenvalue weighted by molar-refractivity contribution is 0.0123. The minimum absolute atomic E-state index is 0.0581. The number of carbonyl (C=O) groups is 1. The highest BCUT2D eigenvalue weighted by Gasteiger charge is 2.28. The molecule has 1 amide bonds. The van der Waals surface area contributed by atoms with Crippen LogP contribution in [0, 0.1) is 0 Å². The van der Waals surface area contributed by atoms with Crippen molar-refractivity contribution in [1.82, 2.24) is 9.88 Å². The van der Waals surface area contributed by atoms with Crippen molar-refractivity contribution in [2.24, 2.45) is 0 Å². The lowest BCUT2D eigenvalue weighted by atomic mass is 10.0. The van der Waals surface area contributed by atoms with E-state index in [4.69, 9.17) is 14.2 Å². The van der Waals surface area contributed by atoms with Crippen LogP contribution >= 0.6 is 0 Å². The predicted molar refractivity (Wildman–Crippen MR) is 99.1 cm³/mol. The van der Waals surface area contributed by atoms with Gasteiger partial charge in [0, 0.05) is 37.7 Å². The van der Waals surface area contributed by atoms with Crippen molar-refractivity contribution in [3.05, 3.63) is 30.0 Å². The van der Waals surface area contributed by atoms with E-state index in [1.807, 2.05) is 26.8 Å². The molecule has 1 aromatic heterocycles. The first kappa shape index (κ1) is 18.7. The number of pyridine rings is 1. The molecule has 2 aliphatic rings. The Morgan fingerprint density at radius 3 is 2.73 bits per heavy atom. The smallest absolute Gasteiger partial charge is 0.410 e. The van der Waals surface area contributed by atoms with Crippen LogP contribution < -0.4 is 4.74 Å². The van der Waals surface area contributed by atoms with Gasteiger partial charge in [-0.3, -0.25) is 0 Å². The quantitative estimate of drug-likeness (QED) is 0.823. The van der Waals surface area contributed by atoms with Crippen LogP contribution in [0.2, 0.25) is 0 Å². The van der Waals surface area contributed by atoms with Crippen molar-refractivity contribution in [2.75, 3.05) is 26.3 Å². The highest BCUT2D eigenvalue weighted by molar-refractivity contribution is 5.70. The number of hydrogen-bond acceptors (Lipinski definition) is 5. The van der Waals surface area contributed by atoms with Crippen molar-refractivity contribution >= 4 is 11.7 Å². The molecule has 142 valence electrons. The summed E-state index contributed by atoms with van der Waals surface area (Å²) in [6.45, 7) is 8.29. The Bertz CT molecular complexity index is 658. The molecule has 1 saturated heterocycles. The number of carbonyl (C=O) groups excluding carboxylic acids is 1. The molecule has 0 N–H and O–H groups in total. The van der Waals surface area contributed by atoms with Gasteiger partial charge in [-0.1, -0.05) is 6.08 Å². The number of amides is 1. The molecule has 3 heterocycles. The van der Waals surface area contributed by atoms with Gasteiger partial charge in [-0.2, -0.15) is 0 Å². The number of piperidine rings is 1. The highest BCUT2D eigenvalue weighted by atomic mass is 16.6. The molecule has 0 spiro atoms. The average Bonchev–Trinajstić information content (AvgIpc) is 2.62. The second kappa shape index (κ2) is 8.08. The summed E-state index contributed by atoms with van der Waals surface area (Å²) in [5.74, 6) is 0.677. The van der Waals surface area contributed by atoms with Gasteiger partial charge in [-0.15, -0.1) is 0 Å². The minimum Gasteiger partial charge on any atom is -0.474 e. The third-order valence-electron chi connectivity index (χ3n) is 4.45. The van der Waals surface area contributed by atoms with Crippen molar-refractivity contribution in [3.8, 4) is 5.88 Å². The molecule has 0 aliphatic carbocycles. The molecule has 6 nitrogen and oxygen atoms in total. The number of aromatic nitrogens is 1. The van der Waals surface area contributed by atoms with Crippen LogP contribution in [-0.4, -0.2) is 54.0 Å². The van der Waals surface area contributed by atoms with Crippen molar-refractivity contribution in [3.63, 3.8) is 0 Å². The number of rotatable bonds is 3. The van der Waals surface area contributed by atoms with Gasteiger partial charge in [0.2, 0.25) is 5.88 Å². The van der Waals surface area contributed by atoms with Gasteiger partial charge in [-0.25, -0.2) is 9.78 Å². The van der Waals surface area contributed by atoms with E-state index in [1.54, 1.807) is 11.1 Å². The lowest BCUT2D eigenvalue weighted by Crippen LogP contribution is -2.44. The molecule has 1 aromatic rings. The van der Waals surface area contributed by atoms with E-state index in [2.05, 4.69) is 17.1 Å². The molecule has 26 heavy (non-hydrogen) atoms. The molecule has 0 radical (unpaired) electrons. The molecule has 0 bridgehead atoms. The third kappa shape index (κ3) is 4.97. The van der Waals surface area contributed by atoms with E-state index in [0.717, 1.165) is 31.4 Å². The first-order chi connectivity index (χ1) is 12.4. The van der Waals surface area contributed by atoms with Gasteiger partial charge in [0.15, 0.2) is 0 Å². The van der Waals surface area contributed by atoms with E-state index >= 15 is 0 Å². The zero-order chi connectivity index (χ0) is 18.6. The summed E-state index contributed by atoms with van der Waals surface area (Å²) >= 11 is 0. The summed E-state index contributed by atoms with van der Waals surface area (Å²) in [4.78, 5) is 18.4. The second-order valence-electron chi connectivity index (χ2n) is 7.69. The van der Waals surface area contributed by atoms with E-state index in [9.17, 15) is 4.79 Å². The van der Waals surface area contributed by atoms with Crippen LogP contribution in [0.5, 0.6) is 5.88 Å². The standard InChI is InChI=1S/C20H28N2O4/c1-20(2,3)26-19(23)22-11-6-16(7-12-22)25-18-17(5-4-10-21-18)15-8-13-24-14-9-15/h4-5,8,10,16H,6-7,9,11-14H2,1-3H3. The molecule has 6 heteroatoms. The van der Waals surface area contributed by atoms with Gasteiger partial charge in [0.25, 0.3) is 0 Å². The molecule has 1 fully saturated rings. The largest absolute Gasteiger partial charge is 0.474 e. The molecule has 0 unspecified atom stereocenters. The number of ether oxygens (including phenoxy) is 3. The van der Waals surface area contributed by atoms with Crippen LogP contribution in [0.4, 0.5) is 4.79 Å². The van der Waals surface area contributed by atoms with E-state index in [-0.39, 0.29) is 12.2 Å². The van der Waals surface area contributed by atoms with Crippen LogP contribution in [-0.2, 0) is 9.47 Å². The molecule has 0 aromatic carbocycles. The predicted octanol–water partition coefficient (Wildman–Crippen LogP) is 3.66. The number of hydrogen-bond donors (Lipinski definition) is 0. The Morgan fingerprint density at radius 1 is 1.31 bits per heavy atom. The van der Waals surface area contributed by atoms with Crippen molar-refractivity contribution < 1.29 is 19.0 Å². The topological polar surface area (TPSA) is 60.9 Å². The third-order valence-corrected chi connectivity index (χ3v) is 4.45. The normalized spacial score (nSPS) is 19.0. The number of nitrogens with zero attached hydrogens (tertiary/aromatic N) is 2. The van der Waals surface area contributed by atoms with Gasteiger partial charge >= 0.3 is 6.09 Å². The fourth-order valence-electron chi connectivity index (χ4n) is 3.14. The van der Waals surface area contributed by atoms with Crippen molar-refractivity contribution in [1.29, 1.82) is 0 Å². The second-order valence-corrected chi connectivity index (χ2v) is 7.69. The Balaban J connectivity index is 1.58. The molecule has 2 aliphatic heterocycles. The summed E-state index contributed by atoms with van der Waals surface area (Å²) in [6, 6.07) is 3.99. The maximum absolute atomic E-state index is 12.2. The first-order valence-corrected chi connectivity index (χ1v) is 9.29. The summed E-state index contributed by atoms with van der Waals surface area (Å²) in [6.07, 6.45) is 6.09. The average molecular weight is 360 g/mol. The summed E-state index contributed by atoms with van der Waals surface area (Å²) < 4.78 is 17.0. The molecule has 0 saturated carbocycles. The Hall–Kier alpha value is -2.08. The fraction of sp³-hybridized carbons (Fsp3) is 0.600. The van der Waals surface area contributed by atoms with Gasteiger partial charge in [0.05, 0.1) is 13.2 Å². The molecule has 3 rings (SSSR count). The maximum atomic E-state index is 12.2.